The van der Waals surface area contributed by atoms with Gasteiger partial charge in [-0.25, -0.2) is 9.37 Å². The number of hydrogen-bond donors (Lipinski definition) is 1. The summed E-state index contributed by atoms with van der Waals surface area (Å²) in [5.41, 5.74) is 3.92. The van der Waals surface area contributed by atoms with Gasteiger partial charge in [0.05, 0.1) is 17.7 Å². The average Bonchev–Trinajstić information content (AvgIpc) is 3.51. The molecule has 0 saturated carbocycles. The number of amides is 1. The first-order valence-electron chi connectivity index (χ1n) is 10.6. The molecule has 0 saturated heterocycles. The van der Waals surface area contributed by atoms with E-state index in [1.165, 1.54) is 23.5 Å². The molecule has 3 aromatic heterocycles. The molecule has 2 aromatic carbocycles. The predicted octanol–water partition coefficient (Wildman–Crippen LogP) is 5.57. The van der Waals surface area contributed by atoms with Crippen molar-refractivity contribution in [1.29, 1.82) is 0 Å². The van der Waals surface area contributed by atoms with Crippen LogP contribution in [0.1, 0.15) is 22.6 Å². The largest absolute Gasteiger partial charge is 0.489 e. The maximum Gasteiger partial charge on any atom is 0.229 e. The first kappa shape index (κ1) is 21.8. The molecule has 0 bridgehead atoms. The molecule has 0 unspecified atom stereocenters. The highest BCUT2D eigenvalue weighted by Crippen LogP contribution is 2.31. The molecule has 0 radical (unpaired) electrons. The van der Waals surface area contributed by atoms with Crippen molar-refractivity contribution in [2.75, 3.05) is 5.32 Å². The molecule has 5 rings (SSSR count). The van der Waals surface area contributed by atoms with E-state index >= 15 is 0 Å². The molecule has 0 aliphatic heterocycles. The summed E-state index contributed by atoms with van der Waals surface area (Å²) in [7, 11) is 0. The fraction of sp³-hybridized carbons (Fsp3) is 0.160. The SMILES string of the molecule is Cc1noc(C)c1COc1ccc(CC(=O)Nc2c(-c3ccc(F)cc3)nc3sccn23)cc1. The lowest BCUT2D eigenvalue weighted by Crippen LogP contribution is -2.16. The third-order valence-corrected chi connectivity index (χ3v) is 6.25. The van der Waals surface area contributed by atoms with Crippen LogP contribution in [0.2, 0.25) is 0 Å². The number of nitrogens with one attached hydrogen (secondary N) is 1. The Kier molecular flexibility index (Phi) is 5.85. The normalized spacial score (nSPS) is 11.1. The molecule has 7 nitrogen and oxygen atoms in total. The highest BCUT2D eigenvalue weighted by Gasteiger charge is 2.18. The van der Waals surface area contributed by atoms with Crippen LogP contribution in [0.3, 0.4) is 0 Å². The van der Waals surface area contributed by atoms with Crippen LogP contribution >= 0.6 is 11.3 Å². The van der Waals surface area contributed by atoms with Crippen LogP contribution in [0.25, 0.3) is 16.2 Å². The number of rotatable bonds is 7. The Morgan fingerprint density at radius 1 is 1.15 bits per heavy atom. The number of anilines is 1. The second kappa shape index (κ2) is 9.11. The third-order valence-electron chi connectivity index (χ3n) is 5.49. The number of carbonyl (C=O) groups excluding carboxylic acids is 1. The lowest BCUT2D eigenvalue weighted by atomic mass is 10.1. The maximum atomic E-state index is 13.4. The highest BCUT2D eigenvalue weighted by atomic mass is 32.1. The van der Waals surface area contributed by atoms with Crippen LogP contribution in [0, 0.1) is 19.7 Å². The molecule has 5 aromatic rings. The van der Waals surface area contributed by atoms with Crippen LogP contribution < -0.4 is 10.1 Å². The molecule has 0 aliphatic rings. The van der Waals surface area contributed by atoms with Crippen molar-refractivity contribution < 1.29 is 18.4 Å². The fourth-order valence-corrected chi connectivity index (χ4v) is 4.36. The van der Waals surface area contributed by atoms with Crippen molar-refractivity contribution in [2.45, 2.75) is 26.9 Å². The van der Waals surface area contributed by atoms with Crippen molar-refractivity contribution in [1.82, 2.24) is 14.5 Å². The molecular weight excluding hydrogens is 455 g/mol. The first-order valence-corrected chi connectivity index (χ1v) is 11.5. The summed E-state index contributed by atoms with van der Waals surface area (Å²) in [4.78, 5) is 18.2. The number of nitrogens with zero attached hydrogens (tertiary/aromatic N) is 3. The van der Waals surface area contributed by atoms with E-state index in [1.54, 1.807) is 12.1 Å². The van der Waals surface area contributed by atoms with Gasteiger partial charge in [-0.3, -0.25) is 9.20 Å². The zero-order valence-electron chi connectivity index (χ0n) is 18.5. The third kappa shape index (κ3) is 4.42. The number of aromatic nitrogens is 3. The van der Waals surface area contributed by atoms with Crippen molar-refractivity contribution in [3.05, 3.63) is 88.5 Å². The predicted molar refractivity (Wildman–Crippen MR) is 128 cm³/mol. The molecule has 1 amide bonds. The summed E-state index contributed by atoms with van der Waals surface area (Å²) in [6, 6.07) is 13.4. The molecule has 0 fully saturated rings. The minimum Gasteiger partial charge on any atom is -0.489 e. The number of fused-ring (bicyclic) bond motifs is 1. The number of ether oxygens (including phenoxy) is 1. The smallest absolute Gasteiger partial charge is 0.229 e. The Balaban J connectivity index is 1.28. The van der Waals surface area contributed by atoms with E-state index in [2.05, 4.69) is 15.5 Å². The van der Waals surface area contributed by atoms with Gasteiger partial charge in [0.1, 0.15) is 35.4 Å². The van der Waals surface area contributed by atoms with Crippen molar-refractivity contribution in [3.63, 3.8) is 0 Å². The van der Waals surface area contributed by atoms with Gasteiger partial charge in [-0.15, -0.1) is 11.3 Å². The first-order chi connectivity index (χ1) is 16.5. The molecule has 0 aliphatic carbocycles. The second-order valence-electron chi connectivity index (χ2n) is 7.83. The summed E-state index contributed by atoms with van der Waals surface area (Å²) < 4.78 is 26.2. The zero-order chi connectivity index (χ0) is 23.7. The molecular formula is C25H21FN4O3S. The number of carbonyl (C=O) groups is 1. The number of benzene rings is 2. The Labute approximate surface area is 198 Å². The van der Waals surface area contributed by atoms with Gasteiger partial charge >= 0.3 is 0 Å². The number of thiazole rings is 1. The summed E-state index contributed by atoms with van der Waals surface area (Å²) in [5.74, 6) is 1.49. The van der Waals surface area contributed by atoms with Gasteiger partial charge in [-0.1, -0.05) is 17.3 Å². The summed E-state index contributed by atoms with van der Waals surface area (Å²) in [6.07, 6.45) is 2.03. The Hall–Kier alpha value is -3.98. The van der Waals surface area contributed by atoms with E-state index in [0.717, 1.165) is 33.1 Å². The van der Waals surface area contributed by atoms with Gasteiger partial charge in [-0.05, 0) is 55.8 Å². The molecule has 34 heavy (non-hydrogen) atoms. The van der Waals surface area contributed by atoms with E-state index in [4.69, 9.17) is 9.26 Å². The summed E-state index contributed by atoms with van der Waals surface area (Å²) in [6.45, 7) is 4.10. The number of imidazole rings is 1. The van der Waals surface area contributed by atoms with Crippen LogP contribution in [0.5, 0.6) is 5.75 Å². The average molecular weight is 477 g/mol. The van der Waals surface area contributed by atoms with E-state index in [-0.39, 0.29) is 18.1 Å². The Bertz CT molecular complexity index is 1430. The summed E-state index contributed by atoms with van der Waals surface area (Å²) >= 11 is 1.46. The van der Waals surface area contributed by atoms with Crippen LogP contribution in [-0.4, -0.2) is 20.4 Å². The van der Waals surface area contributed by atoms with Gasteiger partial charge in [0.25, 0.3) is 0 Å². The van der Waals surface area contributed by atoms with Crippen LogP contribution in [0.15, 0.2) is 64.6 Å². The van der Waals surface area contributed by atoms with E-state index in [0.29, 0.717) is 23.9 Å². The van der Waals surface area contributed by atoms with Crippen LogP contribution in [0.4, 0.5) is 10.2 Å². The van der Waals surface area contributed by atoms with Gasteiger partial charge < -0.3 is 14.6 Å². The minimum absolute atomic E-state index is 0.180. The highest BCUT2D eigenvalue weighted by molar-refractivity contribution is 7.15. The molecule has 172 valence electrons. The molecule has 0 spiro atoms. The van der Waals surface area contributed by atoms with Crippen LogP contribution in [-0.2, 0) is 17.8 Å². The standard InChI is InChI=1S/C25H21FN4O3S/c1-15-21(16(2)33-29-15)14-32-20-9-3-17(4-10-20)13-22(31)27-24-23(18-5-7-19(26)8-6-18)28-25-30(24)11-12-34-25/h3-12H,13-14H2,1-2H3,(H,27,31). The minimum atomic E-state index is -0.325. The molecule has 3 heterocycles. The van der Waals surface area contributed by atoms with Gasteiger partial charge in [-0.2, -0.15) is 0 Å². The Morgan fingerprint density at radius 2 is 1.91 bits per heavy atom. The molecule has 0 atom stereocenters. The number of hydrogen-bond acceptors (Lipinski definition) is 6. The number of aryl methyl sites for hydroxylation is 2. The van der Waals surface area contributed by atoms with Gasteiger partial charge in [0.2, 0.25) is 5.91 Å². The zero-order valence-corrected chi connectivity index (χ0v) is 19.4. The van der Waals surface area contributed by atoms with E-state index < -0.39 is 0 Å². The van der Waals surface area contributed by atoms with Crippen molar-refractivity contribution in [3.8, 4) is 17.0 Å². The maximum absolute atomic E-state index is 13.4. The molecule has 1 N–H and O–H groups in total. The second-order valence-corrected chi connectivity index (χ2v) is 8.70. The van der Waals surface area contributed by atoms with E-state index in [1.807, 2.05) is 54.1 Å². The molecule has 9 heteroatoms. The topological polar surface area (TPSA) is 81.7 Å². The van der Waals surface area contributed by atoms with Crippen molar-refractivity contribution in [2.24, 2.45) is 0 Å². The quantitative estimate of drug-likeness (QED) is 0.332. The number of halogens is 1. The van der Waals surface area contributed by atoms with Crippen molar-refractivity contribution >= 4 is 28.0 Å². The lowest BCUT2D eigenvalue weighted by molar-refractivity contribution is -0.115. The summed E-state index contributed by atoms with van der Waals surface area (Å²) in [5, 5.41) is 8.80. The fourth-order valence-electron chi connectivity index (χ4n) is 3.64. The van der Waals surface area contributed by atoms with Gasteiger partial charge in [0, 0.05) is 17.1 Å². The lowest BCUT2D eigenvalue weighted by Gasteiger charge is -2.09. The Morgan fingerprint density at radius 3 is 2.62 bits per heavy atom. The monoisotopic (exact) mass is 476 g/mol. The van der Waals surface area contributed by atoms with E-state index in [9.17, 15) is 9.18 Å². The van der Waals surface area contributed by atoms with Gasteiger partial charge in [0.15, 0.2) is 4.96 Å².